The van der Waals surface area contributed by atoms with Crippen LogP contribution in [0.3, 0.4) is 0 Å². The highest BCUT2D eigenvalue weighted by atomic mass is 31.2. The van der Waals surface area contributed by atoms with Crippen LogP contribution in [0, 0.1) is 6.57 Å². The second-order valence-corrected chi connectivity index (χ2v) is 32.1. The fraction of sp³-hybridized carbons (Fsp3) is 0.882. The van der Waals surface area contributed by atoms with Gasteiger partial charge in [-0.3, -0.25) is 28.0 Å². The molecule has 0 radical (unpaired) electrons. The molecule has 3 saturated heterocycles. The first-order chi connectivity index (χ1) is 50.4. The molecule has 3 aliphatic heterocycles. The maximum atomic E-state index is 14.7. The number of unbranched alkanes of at least 4 members (excludes halogenated alkanes) is 45. The summed E-state index contributed by atoms with van der Waals surface area (Å²) in [7, 11) is -2.69. The molecule has 3 unspecified atom stereocenters. The van der Waals surface area contributed by atoms with Crippen LogP contribution in [0.5, 0.6) is 17.2 Å². The summed E-state index contributed by atoms with van der Waals surface area (Å²) in [6, 6.07) is 3.72. The van der Waals surface area contributed by atoms with Crippen LogP contribution in [0.4, 0.5) is 0 Å². The molecule has 3 fully saturated rings. The van der Waals surface area contributed by atoms with E-state index in [1.807, 2.05) is 26.0 Å². The predicted octanol–water partition coefficient (Wildman–Crippen LogP) is 23.0. The number of benzene rings is 1. The zero-order valence-corrected chi connectivity index (χ0v) is 67.6. The molecular formula is C85H152N3O14P. The molecule has 3 aliphatic rings. The third-order valence-corrected chi connectivity index (χ3v) is 22.5. The molecule has 2 amide bonds. The van der Waals surface area contributed by atoms with Crippen molar-refractivity contribution in [3.63, 3.8) is 0 Å². The zero-order chi connectivity index (χ0) is 73.9. The van der Waals surface area contributed by atoms with E-state index in [-0.39, 0.29) is 63.2 Å². The SMILES string of the molecule is [C-]#[N+]CCOP(=O)(OC[C@H]1O[C@@H](C)CC1OC(=O)CCC(=O)N1CCN(C(=O)c2cc(OCCCCCCCCCCCCCCCCCC)c(OCCCCCCCCCCCCCCCCCC)c(OCCCCCCCCCCCCCCCCCC)c2)CC1)OC1C[C@H](C)O[C@@H]1COC. The van der Waals surface area contributed by atoms with Gasteiger partial charge in [-0.1, -0.05) is 310 Å². The van der Waals surface area contributed by atoms with Gasteiger partial charge in [-0.05, 0) is 45.2 Å². The van der Waals surface area contributed by atoms with Crippen molar-refractivity contribution in [3.05, 3.63) is 29.1 Å². The zero-order valence-electron chi connectivity index (χ0n) is 66.7. The van der Waals surface area contributed by atoms with Gasteiger partial charge in [0.2, 0.25) is 18.2 Å². The Morgan fingerprint density at radius 2 is 0.806 bits per heavy atom. The van der Waals surface area contributed by atoms with Crippen LogP contribution in [-0.4, -0.2) is 144 Å². The summed E-state index contributed by atoms with van der Waals surface area (Å²) in [6.45, 7) is 20.4. The van der Waals surface area contributed by atoms with Crippen molar-refractivity contribution in [2.45, 2.75) is 405 Å². The molecule has 0 spiro atoms. The number of esters is 1. The summed E-state index contributed by atoms with van der Waals surface area (Å²) in [5.41, 5.74) is 0.479. The quantitative estimate of drug-likeness (QED) is 0.0261. The number of carbonyl (C=O) groups excluding carboxylic acids is 3. The van der Waals surface area contributed by atoms with Gasteiger partial charge in [0.15, 0.2) is 11.5 Å². The average Bonchev–Trinajstić information content (AvgIpc) is 0.977. The summed E-state index contributed by atoms with van der Waals surface area (Å²) in [5, 5.41) is 0. The molecule has 0 saturated carbocycles. The lowest BCUT2D eigenvalue weighted by Crippen LogP contribution is -2.50. The van der Waals surface area contributed by atoms with Crippen LogP contribution < -0.4 is 14.2 Å². The molecule has 17 nitrogen and oxygen atoms in total. The second-order valence-electron chi connectivity index (χ2n) is 30.5. The standard InChI is InChI=1S/C85H152N3O14P/c1-8-11-14-17-20-23-26-29-32-35-38-41-44-47-50-53-63-94-78-69-75(70-79(95-64-54-51-48-45-42-39-36-33-30-27-24-21-18-15-12-9-2)84(78)96-65-55-52-49-46-43-40-37-34-31-28-25-22-19-16-13-10-3)85(91)88-61-59-87(60-62-88)82(89)56-57-83(90)101-76-67-73(4)100-81(76)72-98-103(92,97-66-58-86-6)102-77-68-74(5)99-80(77)71-93-7/h69-70,73-74,76-77,80-81H,8-68,71-72H2,1-5,7H3/t73-,74-,76?,77?,80+,81+,103?/m0/s1. The van der Waals surface area contributed by atoms with E-state index < -0.39 is 38.2 Å². The number of nitrogens with zero attached hydrogens (tertiary/aromatic N) is 3. The molecule has 1 aromatic carbocycles. The molecule has 0 N–H and O–H groups in total. The smallest absolute Gasteiger partial charge is 0.475 e. The molecule has 0 aliphatic carbocycles. The Hall–Kier alpha value is -3.49. The van der Waals surface area contributed by atoms with Crippen molar-refractivity contribution in [2.75, 3.05) is 79.5 Å². The molecule has 0 bridgehead atoms. The van der Waals surface area contributed by atoms with E-state index in [1.165, 1.54) is 270 Å². The van der Waals surface area contributed by atoms with Gasteiger partial charge < -0.3 is 47.8 Å². The van der Waals surface area contributed by atoms with Gasteiger partial charge in [-0.25, -0.2) is 11.1 Å². The molecular weight excluding hydrogens is 1320 g/mol. The second kappa shape index (κ2) is 61.4. The van der Waals surface area contributed by atoms with Crippen LogP contribution in [0.2, 0.25) is 0 Å². The van der Waals surface area contributed by atoms with Gasteiger partial charge in [0.1, 0.15) is 31.0 Å². The summed E-state index contributed by atoms with van der Waals surface area (Å²) >= 11 is 0. The lowest BCUT2D eigenvalue weighted by molar-refractivity contribution is -0.154. The highest BCUT2D eigenvalue weighted by Gasteiger charge is 2.44. The van der Waals surface area contributed by atoms with Gasteiger partial charge in [0.05, 0.1) is 51.7 Å². The number of carbonyl (C=O) groups is 3. The fourth-order valence-electron chi connectivity index (χ4n) is 14.6. The third kappa shape index (κ3) is 43.9. The van der Waals surface area contributed by atoms with Gasteiger partial charge in [-0.15, -0.1) is 0 Å². The first kappa shape index (κ1) is 91.9. The van der Waals surface area contributed by atoms with E-state index in [0.717, 1.165) is 38.5 Å². The molecule has 4 rings (SSSR count). The minimum absolute atomic E-state index is 0.0453. The highest BCUT2D eigenvalue weighted by molar-refractivity contribution is 7.48. The molecule has 103 heavy (non-hydrogen) atoms. The van der Waals surface area contributed by atoms with Crippen molar-refractivity contribution in [3.8, 4) is 17.2 Å². The maximum absolute atomic E-state index is 14.7. The van der Waals surface area contributed by atoms with Crippen LogP contribution in [0.25, 0.3) is 4.85 Å². The van der Waals surface area contributed by atoms with Crippen molar-refractivity contribution >= 4 is 25.6 Å². The number of phosphoric acid groups is 1. The molecule has 0 aromatic heterocycles. The van der Waals surface area contributed by atoms with Gasteiger partial charge in [-0.2, -0.15) is 0 Å². The van der Waals surface area contributed by atoms with Crippen LogP contribution >= 0.6 is 7.82 Å². The number of amides is 2. The Bertz CT molecular complexity index is 2290. The average molecular weight is 1470 g/mol. The summed E-state index contributed by atoms with van der Waals surface area (Å²) in [5.74, 6) is 0.781. The number of piperazine rings is 1. The summed E-state index contributed by atoms with van der Waals surface area (Å²) in [6.07, 6.45) is 59.8. The van der Waals surface area contributed by atoms with E-state index in [2.05, 4.69) is 25.6 Å². The Morgan fingerprint density at radius 3 is 1.18 bits per heavy atom. The number of rotatable bonds is 69. The van der Waals surface area contributed by atoms with Gasteiger partial charge in [0, 0.05) is 58.1 Å². The normalized spacial score (nSPS) is 18.9. The first-order valence-corrected chi connectivity index (χ1v) is 44.4. The number of hydrogen-bond donors (Lipinski definition) is 0. The van der Waals surface area contributed by atoms with Crippen molar-refractivity contribution in [1.29, 1.82) is 0 Å². The lowest BCUT2D eigenvalue weighted by atomic mass is 10.0. The Morgan fingerprint density at radius 1 is 0.456 bits per heavy atom. The molecule has 7 atom stereocenters. The molecule has 18 heteroatoms. The molecule has 596 valence electrons. The van der Waals surface area contributed by atoms with Crippen LogP contribution in [0.15, 0.2) is 12.1 Å². The van der Waals surface area contributed by atoms with E-state index in [0.29, 0.717) is 81.7 Å². The monoisotopic (exact) mass is 1470 g/mol. The molecule has 1 aromatic rings. The van der Waals surface area contributed by atoms with E-state index in [1.54, 1.807) is 16.9 Å². The Kier molecular flexibility index (Phi) is 54.8. The minimum Gasteiger partial charge on any atom is -0.490 e. The van der Waals surface area contributed by atoms with Gasteiger partial charge in [0.25, 0.3) is 5.91 Å². The van der Waals surface area contributed by atoms with Crippen molar-refractivity contribution < 1.29 is 65.7 Å². The fourth-order valence-corrected chi connectivity index (χ4v) is 16.0. The number of ether oxygens (including phenoxy) is 7. The van der Waals surface area contributed by atoms with Crippen molar-refractivity contribution in [1.82, 2.24) is 9.80 Å². The Labute approximate surface area is 629 Å². The third-order valence-electron chi connectivity index (χ3n) is 21.0. The predicted molar refractivity (Wildman–Crippen MR) is 419 cm³/mol. The van der Waals surface area contributed by atoms with Crippen LogP contribution in [-0.2, 0) is 46.7 Å². The van der Waals surface area contributed by atoms with Crippen molar-refractivity contribution in [2.24, 2.45) is 0 Å². The Balaban J connectivity index is 1.35. The topological polar surface area (TPSA) is 171 Å². The van der Waals surface area contributed by atoms with Gasteiger partial charge >= 0.3 is 13.8 Å². The summed E-state index contributed by atoms with van der Waals surface area (Å²) < 4.78 is 74.7. The first-order valence-electron chi connectivity index (χ1n) is 43.0. The van der Waals surface area contributed by atoms with Crippen LogP contribution in [0.1, 0.15) is 379 Å². The number of phosphoric ester groups is 1. The number of methoxy groups -OCH3 is 1. The van der Waals surface area contributed by atoms with E-state index in [9.17, 15) is 18.9 Å². The summed E-state index contributed by atoms with van der Waals surface area (Å²) in [4.78, 5) is 48.7. The maximum Gasteiger partial charge on any atom is 0.475 e. The van der Waals surface area contributed by atoms with E-state index in [4.69, 9.17) is 53.3 Å². The minimum atomic E-state index is -4.23. The largest absolute Gasteiger partial charge is 0.490 e. The molecule has 3 heterocycles. The van der Waals surface area contributed by atoms with E-state index >= 15 is 0 Å². The highest BCUT2D eigenvalue weighted by Crippen LogP contribution is 2.53. The number of hydrogen-bond acceptors (Lipinski definition) is 14. The lowest BCUT2D eigenvalue weighted by Gasteiger charge is -2.35.